The summed E-state index contributed by atoms with van der Waals surface area (Å²) in [4.78, 5) is 43.7. The van der Waals surface area contributed by atoms with Crippen LogP contribution < -0.4 is 10.2 Å². The van der Waals surface area contributed by atoms with E-state index < -0.39 is 0 Å². The maximum atomic E-state index is 12.8. The number of benzene rings is 1. The quantitative estimate of drug-likeness (QED) is 0.343. The van der Waals surface area contributed by atoms with Crippen LogP contribution in [0.5, 0.6) is 0 Å². The van der Waals surface area contributed by atoms with Crippen molar-refractivity contribution in [2.75, 3.05) is 57.9 Å². The zero-order valence-corrected chi connectivity index (χ0v) is 25.6. The third kappa shape index (κ3) is 8.80. The predicted molar refractivity (Wildman–Crippen MR) is 164 cm³/mol. The third-order valence-electron chi connectivity index (χ3n) is 8.32. The van der Waals surface area contributed by atoms with Gasteiger partial charge in [-0.3, -0.25) is 14.4 Å². The van der Waals surface area contributed by atoms with Crippen molar-refractivity contribution < 1.29 is 19.1 Å². The minimum absolute atomic E-state index is 0.00864. The van der Waals surface area contributed by atoms with Gasteiger partial charge in [-0.1, -0.05) is 12.5 Å². The first kappa shape index (κ1) is 31.5. The molecular weight excluding hydrogens is 532 g/mol. The Morgan fingerprint density at radius 3 is 2.40 bits per heavy atom. The van der Waals surface area contributed by atoms with Crippen molar-refractivity contribution in [3.63, 3.8) is 0 Å². The molecule has 2 aliphatic heterocycles. The van der Waals surface area contributed by atoms with E-state index >= 15 is 0 Å². The molecule has 2 aromatic rings. The minimum Gasteiger partial charge on any atom is -0.383 e. The molecule has 10 nitrogen and oxygen atoms in total. The van der Waals surface area contributed by atoms with Gasteiger partial charge in [0.2, 0.25) is 17.7 Å². The van der Waals surface area contributed by atoms with Gasteiger partial charge in [0.15, 0.2) is 0 Å². The number of nitrogens with one attached hydrogen (secondary N) is 1. The van der Waals surface area contributed by atoms with E-state index in [-0.39, 0.29) is 23.8 Å². The van der Waals surface area contributed by atoms with Crippen molar-refractivity contribution in [2.24, 2.45) is 0 Å². The summed E-state index contributed by atoms with van der Waals surface area (Å²) in [5, 5.41) is 7.56. The fourth-order valence-electron chi connectivity index (χ4n) is 6.05. The molecule has 2 fully saturated rings. The summed E-state index contributed by atoms with van der Waals surface area (Å²) >= 11 is 0. The molecule has 0 spiro atoms. The van der Waals surface area contributed by atoms with Crippen molar-refractivity contribution in [2.45, 2.75) is 77.7 Å². The number of rotatable bonds is 14. The molecule has 2 saturated heterocycles. The Morgan fingerprint density at radius 1 is 0.905 bits per heavy atom. The number of unbranched alkanes of at least 4 members (excludes halogenated alkanes) is 2. The van der Waals surface area contributed by atoms with Crippen molar-refractivity contribution in [3.05, 3.63) is 41.7 Å². The first-order valence-electron chi connectivity index (χ1n) is 15.6. The number of likely N-dealkylation sites (tertiary alicyclic amines) is 1. The Kier molecular flexibility index (Phi) is 11.8. The monoisotopic (exact) mass is 580 g/mol. The number of amides is 3. The van der Waals surface area contributed by atoms with Crippen molar-refractivity contribution >= 4 is 23.4 Å². The fourth-order valence-corrected chi connectivity index (χ4v) is 6.05. The van der Waals surface area contributed by atoms with Crippen LogP contribution in [0.25, 0.3) is 5.69 Å². The first-order chi connectivity index (χ1) is 20.4. The highest BCUT2D eigenvalue weighted by molar-refractivity contribution is 5.79. The van der Waals surface area contributed by atoms with Crippen LogP contribution in [0.2, 0.25) is 0 Å². The fraction of sp³-hybridized carbons (Fsp3) is 0.625. The van der Waals surface area contributed by atoms with Gasteiger partial charge < -0.3 is 24.8 Å². The Bertz CT molecular complexity index is 1190. The van der Waals surface area contributed by atoms with Gasteiger partial charge in [0.05, 0.1) is 24.0 Å². The Balaban J connectivity index is 1.06. The normalized spacial score (nSPS) is 17.1. The summed E-state index contributed by atoms with van der Waals surface area (Å²) in [5.41, 5.74) is 4.28. The highest BCUT2D eigenvalue weighted by Gasteiger charge is 2.28. The lowest BCUT2D eigenvalue weighted by Gasteiger charge is -2.36. The van der Waals surface area contributed by atoms with Crippen LogP contribution in [-0.4, -0.2) is 96.3 Å². The topological polar surface area (TPSA) is 100 Å². The van der Waals surface area contributed by atoms with Gasteiger partial charge in [-0.05, 0) is 70.2 Å². The van der Waals surface area contributed by atoms with Gasteiger partial charge in [0.1, 0.15) is 0 Å². The lowest BCUT2D eigenvalue weighted by atomic mass is 10.1. The highest BCUT2D eigenvalue weighted by Crippen LogP contribution is 2.22. The van der Waals surface area contributed by atoms with Gasteiger partial charge >= 0.3 is 0 Å². The molecule has 10 heteroatoms. The molecular formula is C32H48N6O4. The molecule has 0 radical (unpaired) electrons. The molecule has 1 aromatic carbocycles. The van der Waals surface area contributed by atoms with Crippen LogP contribution >= 0.6 is 0 Å². The number of ether oxygens (including phenoxy) is 1. The van der Waals surface area contributed by atoms with Crippen LogP contribution in [0, 0.1) is 13.8 Å². The Hall–Kier alpha value is -3.40. The first-order valence-corrected chi connectivity index (χ1v) is 15.6. The van der Waals surface area contributed by atoms with Gasteiger partial charge in [-0.25, -0.2) is 4.68 Å². The summed E-state index contributed by atoms with van der Waals surface area (Å²) in [6.07, 6.45) is 6.54. The average Bonchev–Trinajstić information content (AvgIpc) is 3.60. The van der Waals surface area contributed by atoms with E-state index in [1.807, 2.05) is 21.4 Å². The van der Waals surface area contributed by atoms with Gasteiger partial charge in [0, 0.05) is 77.0 Å². The molecule has 0 saturated carbocycles. The number of nitrogens with zero attached hydrogens (tertiary/aromatic N) is 5. The zero-order valence-electron chi connectivity index (χ0n) is 25.6. The molecule has 3 amide bonds. The van der Waals surface area contributed by atoms with Crippen molar-refractivity contribution in [1.29, 1.82) is 0 Å². The predicted octanol–water partition coefficient (Wildman–Crippen LogP) is 3.62. The molecule has 1 aromatic heterocycles. The second kappa shape index (κ2) is 15.7. The standard InChI is InChI=1S/C32H48N6O4/c1-25-22-26(2)38(34-25)28-11-7-10-27(23-28)35-18-20-36(21-19-35)31(40)15-8-13-30(39)33-16-6-4-5-14-32(41)37-17-9-12-29(37)24-42-3/h7,10-11,22-23,29H,4-6,8-9,12-21,24H2,1-3H3,(H,33,39). The van der Waals surface area contributed by atoms with E-state index in [0.717, 1.165) is 74.5 Å². The molecule has 3 heterocycles. The van der Waals surface area contributed by atoms with Gasteiger partial charge in [-0.2, -0.15) is 5.10 Å². The van der Waals surface area contributed by atoms with E-state index in [0.29, 0.717) is 51.9 Å². The number of methoxy groups -OCH3 is 1. The smallest absolute Gasteiger partial charge is 0.222 e. The molecule has 1 N–H and O–H groups in total. The number of anilines is 1. The van der Waals surface area contributed by atoms with E-state index in [4.69, 9.17) is 4.74 Å². The minimum atomic E-state index is -0.00864. The van der Waals surface area contributed by atoms with Crippen LogP contribution in [0.1, 0.15) is 69.2 Å². The third-order valence-corrected chi connectivity index (χ3v) is 8.32. The summed E-state index contributed by atoms with van der Waals surface area (Å²) in [6, 6.07) is 10.7. The van der Waals surface area contributed by atoms with Crippen LogP contribution in [0.15, 0.2) is 30.3 Å². The largest absolute Gasteiger partial charge is 0.383 e. The molecule has 0 aliphatic carbocycles. The summed E-state index contributed by atoms with van der Waals surface area (Å²) in [7, 11) is 1.68. The number of piperazine rings is 1. The van der Waals surface area contributed by atoms with Gasteiger partial charge in [0.25, 0.3) is 0 Å². The number of carbonyl (C=O) groups is 3. The number of carbonyl (C=O) groups excluding carboxylic acids is 3. The average molecular weight is 581 g/mol. The Labute approximate surface area is 250 Å². The SMILES string of the molecule is COCC1CCCN1C(=O)CCCCCNC(=O)CCCC(=O)N1CCN(c2cccc(-n3nc(C)cc3C)c2)CC1. The lowest BCUT2D eigenvalue weighted by Crippen LogP contribution is -2.48. The second-order valence-corrected chi connectivity index (χ2v) is 11.6. The van der Waals surface area contributed by atoms with E-state index in [2.05, 4.69) is 52.6 Å². The number of aromatic nitrogens is 2. The molecule has 230 valence electrons. The zero-order chi connectivity index (χ0) is 29.9. The molecule has 1 unspecified atom stereocenters. The van der Waals surface area contributed by atoms with E-state index in [1.165, 1.54) is 0 Å². The summed E-state index contributed by atoms with van der Waals surface area (Å²) in [5.74, 6) is 0.328. The van der Waals surface area contributed by atoms with Crippen molar-refractivity contribution in [3.8, 4) is 5.69 Å². The molecule has 1 atom stereocenters. The van der Waals surface area contributed by atoms with E-state index in [9.17, 15) is 14.4 Å². The molecule has 4 rings (SSSR count). The summed E-state index contributed by atoms with van der Waals surface area (Å²) in [6.45, 7) is 9.05. The second-order valence-electron chi connectivity index (χ2n) is 11.6. The maximum Gasteiger partial charge on any atom is 0.222 e. The Morgan fingerprint density at radius 2 is 1.67 bits per heavy atom. The molecule has 0 bridgehead atoms. The van der Waals surface area contributed by atoms with E-state index in [1.54, 1.807) is 7.11 Å². The van der Waals surface area contributed by atoms with Crippen molar-refractivity contribution in [1.82, 2.24) is 24.9 Å². The van der Waals surface area contributed by atoms with Crippen LogP contribution in [-0.2, 0) is 19.1 Å². The number of hydrogen-bond donors (Lipinski definition) is 1. The number of hydrogen-bond acceptors (Lipinski definition) is 6. The molecule has 2 aliphatic rings. The number of aryl methyl sites for hydroxylation is 2. The maximum absolute atomic E-state index is 12.8. The van der Waals surface area contributed by atoms with Crippen LogP contribution in [0.3, 0.4) is 0 Å². The van der Waals surface area contributed by atoms with Gasteiger partial charge in [-0.15, -0.1) is 0 Å². The van der Waals surface area contributed by atoms with Crippen LogP contribution in [0.4, 0.5) is 5.69 Å². The summed E-state index contributed by atoms with van der Waals surface area (Å²) < 4.78 is 7.20. The highest BCUT2D eigenvalue weighted by atomic mass is 16.5. The lowest BCUT2D eigenvalue weighted by molar-refractivity contribution is -0.133. The molecule has 42 heavy (non-hydrogen) atoms.